The molecule has 0 spiro atoms. The van der Waals surface area contributed by atoms with Crippen LogP contribution < -0.4 is 10.1 Å². The van der Waals surface area contributed by atoms with Crippen molar-refractivity contribution in [3.05, 3.63) is 59.4 Å². The van der Waals surface area contributed by atoms with E-state index in [1.165, 1.54) is 0 Å². The molecule has 0 saturated carbocycles. The van der Waals surface area contributed by atoms with Crippen LogP contribution in [0.3, 0.4) is 0 Å². The fraction of sp³-hybridized carbons (Fsp3) is 0.440. The van der Waals surface area contributed by atoms with E-state index in [2.05, 4.69) is 61.8 Å². The lowest BCUT2D eigenvalue weighted by molar-refractivity contribution is -0.125. The molecule has 3 rings (SSSR count). The van der Waals surface area contributed by atoms with Crippen molar-refractivity contribution in [3.63, 3.8) is 0 Å². The molecule has 5 nitrogen and oxygen atoms in total. The van der Waals surface area contributed by atoms with Crippen molar-refractivity contribution >= 4 is 16.9 Å². The maximum Gasteiger partial charge on any atom is 0.223 e. The number of imidazole rings is 1. The number of amides is 1. The van der Waals surface area contributed by atoms with Crippen LogP contribution in [0.1, 0.15) is 50.1 Å². The number of fused-ring (bicyclic) bond motifs is 1. The predicted molar refractivity (Wildman–Crippen MR) is 122 cm³/mol. The number of para-hydroxylation sites is 3. The summed E-state index contributed by atoms with van der Waals surface area (Å²) in [6, 6.07) is 14.3. The lowest BCUT2D eigenvalue weighted by Crippen LogP contribution is -2.30. The number of hydrogen-bond acceptors (Lipinski definition) is 3. The molecule has 0 aliphatic carbocycles. The molecule has 1 amide bonds. The zero-order chi connectivity index (χ0) is 21.5. The first-order valence-corrected chi connectivity index (χ1v) is 11.0. The molecule has 0 saturated heterocycles. The Kier molecular flexibility index (Phi) is 7.50. The lowest BCUT2D eigenvalue weighted by atomic mass is 10.0. The first-order chi connectivity index (χ1) is 14.5. The molecule has 1 heterocycles. The minimum atomic E-state index is 0.0635. The monoisotopic (exact) mass is 407 g/mol. The van der Waals surface area contributed by atoms with Crippen molar-refractivity contribution in [1.82, 2.24) is 14.9 Å². The Morgan fingerprint density at radius 3 is 2.47 bits per heavy atom. The third kappa shape index (κ3) is 5.02. The summed E-state index contributed by atoms with van der Waals surface area (Å²) in [5.74, 6) is 2.04. The Morgan fingerprint density at radius 2 is 1.77 bits per heavy atom. The van der Waals surface area contributed by atoms with Gasteiger partial charge in [-0.2, -0.15) is 0 Å². The predicted octanol–water partition coefficient (Wildman–Crippen LogP) is 5.17. The van der Waals surface area contributed by atoms with Crippen LogP contribution in [0.15, 0.2) is 42.5 Å². The quantitative estimate of drug-likeness (QED) is 0.472. The second-order valence-corrected chi connectivity index (χ2v) is 7.82. The number of carbonyl (C=O) groups is 1. The zero-order valence-corrected chi connectivity index (χ0v) is 18.6. The number of nitrogens with one attached hydrogen (secondary N) is 1. The summed E-state index contributed by atoms with van der Waals surface area (Å²) >= 11 is 0. The fourth-order valence-corrected chi connectivity index (χ4v) is 3.90. The third-order valence-electron chi connectivity index (χ3n) is 5.69. The summed E-state index contributed by atoms with van der Waals surface area (Å²) in [5.41, 5.74) is 4.37. The molecular formula is C25H33N3O2. The van der Waals surface area contributed by atoms with Gasteiger partial charge in [0.1, 0.15) is 11.6 Å². The molecule has 160 valence electrons. The summed E-state index contributed by atoms with van der Waals surface area (Å²) in [4.78, 5) is 17.2. The maximum absolute atomic E-state index is 12.4. The van der Waals surface area contributed by atoms with Gasteiger partial charge in [0.2, 0.25) is 5.91 Å². The van der Waals surface area contributed by atoms with E-state index in [4.69, 9.17) is 9.72 Å². The lowest BCUT2D eigenvalue weighted by Gasteiger charge is -2.15. The van der Waals surface area contributed by atoms with E-state index in [1.807, 2.05) is 18.2 Å². The second-order valence-electron chi connectivity index (χ2n) is 7.82. The summed E-state index contributed by atoms with van der Waals surface area (Å²) in [6.07, 6.45) is 2.57. The molecule has 3 aromatic rings. The van der Waals surface area contributed by atoms with Crippen LogP contribution in [0.25, 0.3) is 11.0 Å². The SMILES string of the molecule is CCC(CC)C(=O)NCc1nc2ccccc2n1CCCOc1c(C)cccc1C. The van der Waals surface area contributed by atoms with Gasteiger partial charge >= 0.3 is 0 Å². The molecule has 0 radical (unpaired) electrons. The fourth-order valence-electron chi connectivity index (χ4n) is 3.90. The summed E-state index contributed by atoms with van der Waals surface area (Å²) in [7, 11) is 0. The van der Waals surface area contributed by atoms with Crippen LogP contribution in [0.5, 0.6) is 5.75 Å². The molecule has 30 heavy (non-hydrogen) atoms. The van der Waals surface area contributed by atoms with Crippen molar-refractivity contribution in [2.45, 2.75) is 60.0 Å². The van der Waals surface area contributed by atoms with Crippen molar-refractivity contribution < 1.29 is 9.53 Å². The van der Waals surface area contributed by atoms with Gasteiger partial charge in [0, 0.05) is 12.5 Å². The van der Waals surface area contributed by atoms with Gasteiger partial charge in [0.05, 0.1) is 24.2 Å². The minimum absolute atomic E-state index is 0.0635. The molecule has 0 aliphatic rings. The van der Waals surface area contributed by atoms with Gasteiger partial charge in [-0.05, 0) is 56.4 Å². The molecule has 5 heteroatoms. The molecule has 1 aromatic heterocycles. The Hall–Kier alpha value is -2.82. The van der Waals surface area contributed by atoms with Gasteiger partial charge < -0.3 is 14.6 Å². The third-order valence-corrected chi connectivity index (χ3v) is 5.69. The van der Waals surface area contributed by atoms with E-state index in [0.717, 1.165) is 59.5 Å². The van der Waals surface area contributed by atoms with Gasteiger partial charge in [-0.25, -0.2) is 4.98 Å². The number of nitrogens with zero attached hydrogens (tertiary/aromatic N) is 2. The molecular weight excluding hydrogens is 374 g/mol. The van der Waals surface area contributed by atoms with Crippen molar-refractivity contribution in [3.8, 4) is 5.75 Å². The van der Waals surface area contributed by atoms with Gasteiger partial charge in [-0.1, -0.05) is 44.2 Å². The molecule has 0 fully saturated rings. The maximum atomic E-state index is 12.4. The van der Waals surface area contributed by atoms with E-state index >= 15 is 0 Å². The van der Waals surface area contributed by atoms with Gasteiger partial charge in [0.15, 0.2) is 0 Å². The number of ether oxygens (including phenoxy) is 1. The van der Waals surface area contributed by atoms with Crippen LogP contribution in [-0.4, -0.2) is 22.1 Å². The van der Waals surface area contributed by atoms with E-state index in [9.17, 15) is 4.79 Å². The van der Waals surface area contributed by atoms with Crippen molar-refractivity contribution in [2.75, 3.05) is 6.61 Å². The first kappa shape index (κ1) is 21.9. The number of aromatic nitrogens is 2. The van der Waals surface area contributed by atoms with E-state index in [-0.39, 0.29) is 11.8 Å². The van der Waals surface area contributed by atoms with Gasteiger partial charge in [-0.3, -0.25) is 4.79 Å². The Labute approximate surface area is 179 Å². The van der Waals surface area contributed by atoms with Gasteiger partial charge in [-0.15, -0.1) is 0 Å². The van der Waals surface area contributed by atoms with E-state index < -0.39 is 0 Å². The number of benzene rings is 2. The topological polar surface area (TPSA) is 56.2 Å². The Morgan fingerprint density at radius 1 is 1.07 bits per heavy atom. The molecule has 0 atom stereocenters. The smallest absolute Gasteiger partial charge is 0.223 e. The van der Waals surface area contributed by atoms with E-state index in [0.29, 0.717) is 13.2 Å². The number of aryl methyl sites for hydroxylation is 3. The molecule has 2 aromatic carbocycles. The van der Waals surface area contributed by atoms with E-state index in [1.54, 1.807) is 0 Å². The minimum Gasteiger partial charge on any atom is -0.493 e. The highest BCUT2D eigenvalue weighted by Gasteiger charge is 2.16. The Bertz CT molecular complexity index is 969. The molecule has 0 aliphatic heterocycles. The van der Waals surface area contributed by atoms with Gasteiger partial charge in [0.25, 0.3) is 0 Å². The molecule has 0 unspecified atom stereocenters. The number of carbonyl (C=O) groups excluding carboxylic acids is 1. The average molecular weight is 408 g/mol. The highest BCUT2D eigenvalue weighted by Crippen LogP contribution is 2.23. The van der Waals surface area contributed by atoms with Crippen LogP contribution in [0.2, 0.25) is 0 Å². The molecule has 0 bridgehead atoms. The first-order valence-electron chi connectivity index (χ1n) is 11.0. The standard InChI is InChI=1S/C25H33N3O2/c1-5-20(6-2)25(29)26-17-23-27-21-13-7-8-14-22(21)28(23)15-10-16-30-24-18(3)11-9-12-19(24)4/h7-9,11-14,20H,5-6,10,15-17H2,1-4H3,(H,26,29). The summed E-state index contributed by atoms with van der Waals surface area (Å²) in [6.45, 7) is 10.1. The van der Waals surface area contributed by atoms with Crippen LogP contribution in [0.4, 0.5) is 0 Å². The van der Waals surface area contributed by atoms with Crippen molar-refractivity contribution in [2.24, 2.45) is 5.92 Å². The van der Waals surface area contributed by atoms with Crippen LogP contribution in [-0.2, 0) is 17.9 Å². The second kappa shape index (κ2) is 10.3. The van der Waals surface area contributed by atoms with Crippen molar-refractivity contribution in [1.29, 1.82) is 0 Å². The normalized spacial score (nSPS) is 11.2. The summed E-state index contributed by atoms with van der Waals surface area (Å²) < 4.78 is 8.28. The van der Waals surface area contributed by atoms with Crippen LogP contribution >= 0.6 is 0 Å². The van der Waals surface area contributed by atoms with Crippen LogP contribution in [0, 0.1) is 19.8 Å². The average Bonchev–Trinajstić information content (AvgIpc) is 3.10. The molecule has 1 N–H and O–H groups in total. The highest BCUT2D eigenvalue weighted by atomic mass is 16.5. The Balaban J connectivity index is 1.68. The largest absolute Gasteiger partial charge is 0.493 e. The number of rotatable bonds is 10. The zero-order valence-electron chi connectivity index (χ0n) is 18.6. The summed E-state index contributed by atoms with van der Waals surface area (Å²) in [5, 5.41) is 3.08. The highest BCUT2D eigenvalue weighted by molar-refractivity contribution is 5.79. The number of hydrogen-bond donors (Lipinski definition) is 1.